The molecule has 0 atom stereocenters. The van der Waals surface area contributed by atoms with Gasteiger partial charge >= 0.3 is 0 Å². The van der Waals surface area contributed by atoms with Crippen LogP contribution in [-0.2, 0) is 0 Å². The highest BCUT2D eigenvalue weighted by Crippen LogP contribution is 2.06. The van der Waals surface area contributed by atoms with Crippen LogP contribution in [0.2, 0.25) is 0 Å². The summed E-state index contributed by atoms with van der Waals surface area (Å²) >= 11 is 0. The minimum Gasteiger partial charge on any atom is -0.350 e. The fourth-order valence-electron chi connectivity index (χ4n) is 1.83. The van der Waals surface area contributed by atoms with Gasteiger partial charge in [0, 0.05) is 50.3 Å². The largest absolute Gasteiger partial charge is 0.350 e. The van der Waals surface area contributed by atoms with E-state index in [0.717, 1.165) is 13.1 Å². The SMILES string of the molecule is Cl.Cl.O=C(NCC1CNC1)c1nccn2ccnc12. The average Bonchev–Trinajstić information content (AvgIpc) is 2.74. The van der Waals surface area contributed by atoms with Crippen molar-refractivity contribution in [1.29, 1.82) is 0 Å². The maximum Gasteiger partial charge on any atom is 0.273 e. The molecule has 0 bridgehead atoms. The molecule has 19 heavy (non-hydrogen) atoms. The molecule has 0 radical (unpaired) electrons. The number of imidazole rings is 1. The van der Waals surface area contributed by atoms with Gasteiger partial charge in [-0.3, -0.25) is 4.79 Å². The summed E-state index contributed by atoms with van der Waals surface area (Å²) in [5.74, 6) is 0.382. The van der Waals surface area contributed by atoms with Crippen LogP contribution in [-0.4, -0.2) is 39.9 Å². The normalized spacial score (nSPS) is 14.1. The number of aromatic nitrogens is 3. The molecule has 1 aliphatic rings. The van der Waals surface area contributed by atoms with Crippen molar-refractivity contribution < 1.29 is 4.79 Å². The van der Waals surface area contributed by atoms with Crippen LogP contribution in [0, 0.1) is 5.92 Å². The van der Waals surface area contributed by atoms with Crippen LogP contribution in [0.3, 0.4) is 0 Å². The summed E-state index contributed by atoms with van der Waals surface area (Å²) in [6.45, 7) is 2.64. The fourth-order valence-corrected chi connectivity index (χ4v) is 1.83. The van der Waals surface area contributed by atoms with Crippen LogP contribution in [0.1, 0.15) is 10.5 Å². The summed E-state index contributed by atoms with van der Waals surface area (Å²) in [7, 11) is 0. The maximum atomic E-state index is 12.0. The zero-order valence-electron chi connectivity index (χ0n) is 10.1. The van der Waals surface area contributed by atoms with E-state index in [1.54, 1.807) is 29.2 Å². The number of carbonyl (C=O) groups excluding carboxylic acids is 1. The van der Waals surface area contributed by atoms with Gasteiger partial charge in [0.1, 0.15) is 0 Å². The Labute approximate surface area is 122 Å². The van der Waals surface area contributed by atoms with Gasteiger partial charge < -0.3 is 15.0 Å². The van der Waals surface area contributed by atoms with Gasteiger partial charge in [-0.15, -0.1) is 24.8 Å². The summed E-state index contributed by atoms with van der Waals surface area (Å²) < 4.78 is 1.78. The Morgan fingerprint density at radius 2 is 2.00 bits per heavy atom. The summed E-state index contributed by atoms with van der Waals surface area (Å²) in [5.41, 5.74) is 0.974. The standard InChI is InChI=1S/C11H13N5O.2ClH/c17-11(15-7-8-5-12-6-8)9-10-14-2-4-16(10)3-1-13-9;;/h1-4,8,12H,5-7H2,(H,15,17);2*1H. The first-order valence-corrected chi connectivity index (χ1v) is 5.61. The Kier molecular flexibility index (Phi) is 5.53. The Bertz CT molecular complexity index is 555. The van der Waals surface area contributed by atoms with E-state index in [1.807, 2.05) is 0 Å². The van der Waals surface area contributed by atoms with Crippen LogP contribution in [0.25, 0.3) is 5.65 Å². The van der Waals surface area contributed by atoms with Crippen LogP contribution < -0.4 is 10.6 Å². The van der Waals surface area contributed by atoms with Crippen LogP contribution >= 0.6 is 24.8 Å². The van der Waals surface area contributed by atoms with Crippen molar-refractivity contribution in [3.63, 3.8) is 0 Å². The number of nitrogens with one attached hydrogen (secondary N) is 2. The predicted octanol–water partition coefficient (Wildman–Crippen LogP) is 0.522. The lowest BCUT2D eigenvalue weighted by Gasteiger charge is -2.26. The number of hydrogen-bond acceptors (Lipinski definition) is 4. The fraction of sp³-hybridized carbons (Fsp3) is 0.364. The Morgan fingerprint density at radius 1 is 1.32 bits per heavy atom. The van der Waals surface area contributed by atoms with Gasteiger partial charge in [-0.1, -0.05) is 0 Å². The summed E-state index contributed by atoms with van der Waals surface area (Å²) in [4.78, 5) is 20.2. The highest BCUT2D eigenvalue weighted by Gasteiger charge is 2.19. The Balaban J connectivity index is 0.000000902. The summed E-state index contributed by atoms with van der Waals surface area (Å²) in [6, 6.07) is 0. The Hall–Kier alpha value is -1.37. The number of carbonyl (C=O) groups is 1. The zero-order chi connectivity index (χ0) is 11.7. The molecule has 8 heteroatoms. The van der Waals surface area contributed by atoms with Gasteiger partial charge in [-0.05, 0) is 0 Å². The molecule has 0 saturated carbocycles. The van der Waals surface area contributed by atoms with Crippen LogP contribution in [0.4, 0.5) is 0 Å². The van der Waals surface area contributed by atoms with Crippen molar-refractivity contribution in [3.05, 3.63) is 30.5 Å². The minimum atomic E-state index is -0.159. The molecule has 0 spiro atoms. The second kappa shape index (κ2) is 6.70. The topological polar surface area (TPSA) is 71.3 Å². The van der Waals surface area contributed by atoms with Gasteiger partial charge in [0.25, 0.3) is 5.91 Å². The molecule has 1 aliphatic heterocycles. The third-order valence-electron chi connectivity index (χ3n) is 2.94. The molecule has 1 fully saturated rings. The average molecular weight is 304 g/mol. The lowest BCUT2D eigenvalue weighted by atomic mass is 10.0. The van der Waals surface area contributed by atoms with E-state index >= 15 is 0 Å². The van der Waals surface area contributed by atoms with Gasteiger partial charge in [0.2, 0.25) is 0 Å². The van der Waals surface area contributed by atoms with E-state index in [9.17, 15) is 4.79 Å². The van der Waals surface area contributed by atoms with Crippen molar-refractivity contribution >= 4 is 36.4 Å². The van der Waals surface area contributed by atoms with Crippen LogP contribution in [0.5, 0.6) is 0 Å². The third-order valence-corrected chi connectivity index (χ3v) is 2.94. The molecule has 104 valence electrons. The van der Waals surface area contributed by atoms with Crippen molar-refractivity contribution in [3.8, 4) is 0 Å². The second-order valence-electron chi connectivity index (χ2n) is 4.17. The lowest BCUT2D eigenvalue weighted by Crippen LogP contribution is -2.48. The van der Waals surface area contributed by atoms with Crippen LogP contribution in [0.15, 0.2) is 24.8 Å². The first-order chi connectivity index (χ1) is 8.34. The number of hydrogen-bond donors (Lipinski definition) is 2. The maximum absolute atomic E-state index is 12.0. The quantitative estimate of drug-likeness (QED) is 0.867. The zero-order valence-corrected chi connectivity index (χ0v) is 11.7. The molecule has 0 aliphatic carbocycles. The first-order valence-electron chi connectivity index (χ1n) is 5.61. The highest BCUT2D eigenvalue weighted by atomic mass is 35.5. The molecule has 2 aromatic rings. The summed E-state index contributed by atoms with van der Waals surface area (Å²) in [6.07, 6.45) is 6.83. The second-order valence-corrected chi connectivity index (χ2v) is 4.17. The van der Waals surface area contributed by atoms with Crippen molar-refractivity contribution in [1.82, 2.24) is 25.0 Å². The number of fused-ring (bicyclic) bond motifs is 1. The van der Waals surface area contributed by atoms with Gasteiger partial charge in [-0.2, -0.15) is 0 Å². The van der Waals surface area contributed by atoms with Gasteiger partial charge in [-0.25, -0.2) is 9.97 Å². The monoisotopic (exact) mass is 303 g/mol. The smallest absolute Gasteiger partial charge is 0.273 e. The molecule has 0 aromatic carbocycles. The van der Waals surface area contributed by atoms with Crippen molar-refractivity contribution in [2.24, 2.45) is 5.92 Å². The van der Waals surface area contributed by atoms with Gasteiger partial charge in [0.05, 0.1) is 0 Å². The predicted molar refractivity (Wildman–Crippen MR) is 76.2 cm³/mol. The van der Waals surface area contributed by atoms with Gasteiger partial charge in [0.15, 0.2) is 11.3 Å². The lowest BCUT2D eigenvalue weighted by molar-refractivity contribution is 0.0938. The first kappa shape index (κ1) is 15.7. The number of amides is 1. The summed E-state index contributed by atoms with van der Waals surface area (Å²) in [5, 5.41) is 6.05. The molecule has 0 unspecified atom stereocenters. The molecule has 3 rings (SSSR count). The van der Waals surface area contributed by atoms with Crippen molar-refractivity contribution in [2.45, 2.75) is 0 Å². The molecular weight excluding hydrogens is 289 g/mol. The molecule has 1 amide bonds. The number of halogens is 2. The van der Waals surface area contributed by atoms with E-state index in [0.29, 0.717) is 23.8 Å². The molecule has 3 heterocycles. The van der Waals surface area contributed by atoms with E-state index < -0.39 is 0 Å². The molecule has 2 aromatic heterocycles. The van der Waals surface area contributed by atoms with E-state index in [4.69, 9.17) is 0 Å². The molecule has 6 nitrogen and oxygen atoms in total. The highest BCUT2D eigenvalue weighted by molar-refractivity contribution is 5.97. The molecule has 2 N–H and O–H groups in total. The van der Waals surface area contributed by atoms with E-state index in [1.165, 1.54) is 0 Å². The molecular formula is C11H15Cl2N5O. The third kappa shape index (κ3) is 3.15. The number of nitrogens with zero attached hydrogens (tertiary/aromatic N) is 3. The molecule has 1 saturated heterocycles. The van der Waals surface area contributed by atoms with E-state index in [2.05, 4.69) is 20.6 Å². The number of rotatable bonds is 3. The Morgan fingerprint density at radius 3 is 2.63 bits per heavy atom. The minimum absolute atomic E-state index is 0. The van der Waals surface area contributed by atoms with Crippen molar-refractivity contribution in [2.75, 3.05) is 19.6 Å². The van der Waals surface area contributed by atoms with E-state index in [-0.39, 0.29) is 30.7 Å².